The SMILES string of the molecule is COc1cc(CNC(=O)C2Cc3cc(Cl)ccc3O2)ccc1OCC1CCCO1. The number of benzene rings is 2. The van der Waals surface area contributed by atoms with Crippen LogP contribution in [0.1, 0.15) is 24.0 Å². The Hall–Kier alpha value is -2.44. The van der Waals surface area contributed by atoms with Gasteiger partial charge in [0, 0.05) is 24.6 Å². The van der Waals surface area contributed by atoms with Crippen molar-refractivity contribution in [1.82, 2.24) is 5.32 Å². The fourth-order valence-corrected chi connectivity index (χ4v) is 3.76. The molecule has 4 rings (SSSR count). The molecule has 0 aromatic heterocycles. The van der Waals surface area contributed by atoms with Crippen molar-refractivity contribution < 1.29 is 23.7 Å². The minimum atomic E-state index is -0.542. The standard InChI is InChI=1S/C22H24ClNO5/c1-26-20-9-14(4-6-19(20)28-13-17-3-2-8-27-17)12-24-22(25)21-11-15-10-16(23)5-7-18(15)29-21/h4-7,9-10,17,21H,2-3,8,11-13H2,1H3,(H,24,25). The molecule has 2 atom stereocenters. The minimum absolute atomic E-state index is 0.143. The maximum Gasteiger partial charge on any atom is 0.261 e. The summed E-state index contributed by atoms with van der Waals surface area (Å²) in [5.41, 5.74) is 1.87. The molecule has 29 heavy (non-hydrogen) atoms. The zero-order valence-corrected chi connectivity index (χ0v) is 17.0. The van der Waals surface area contributed by atoms with Gasteiger partial charge in [-0.3, -0.25) is 4.79 Å². The van der Waals surface area contributed by atoms with Gasteiger partial charge in [-0.15, -0.1) is 0 Å². The number of hydrogen-bond donors (Lipinski definition) is 1. The molecular weight excluding hydrogens is 394 g/mol. The molecule has 0 radical (unpaired) electrons. The molecule has 1 amide bonds. The van der Waals surface area contributed by atoms with Crippen molar-refractivity contribution in [3.63, 3.8) is 0 Å². The molecular formula is C22H24ClNO5. The van der Waals surface area contributed by atoms with Crippen LogP contribution < -0.4 is 19.5 Å². The van der Waals surface area contributed by atoms with Gasteiger partial charge in [-0.1, -0.05) is 17.7 Å². The second-order valence-corrected chi connectivity index (χ2v) is 7.65. The van der Waals surface area contributed by atoms with Crippen molar-refractivity contribution >= 4 is 17.5 Å². The van der Waals surface area contributed by atoms with Crippen molar-refractivity contribution in [2.24, 2.45) is 0 Å². The van der Waals surface area contributed by atoms with Gasteiger partial charge in [0.05, 0.1) is 13.2 Å². The first-order valence-corrected chi connectivity index (χ1v) is 10.1. The number of rotatable bonds is 7. The lowest BCUT2D eigenvalue weighted by Crippen LogP contribution is -2.37. The molecule has 154 valence electrons. The molecule has 2 aromatic carbocycles. The number of fused-ring (bicyclic) bond motifs is 1. The van der Waals surface area contributed by atoms with E-state index in [1.54, 1.807) is 19.2 Å². The summed E-state index contributed by atoms with van der Waals surface area (Å²) in [6.07, 6.45) is 2.21. The zero-order chi connectivity index (χ0) is 20.2. The topological polar surface area (TPSA) is 66.0 Å². The minimum Gasteiger partial charge on any atom is -0.493 e. The number of ether oxygens (including phenoxy) is 4. The van der Waals surface area contributed by atoms with Gasteiger partial charge >= 0.3 is 0 Å². The van der Waals surface area contributed by atoms with Crippen LogP contribution >= 0.6 is 11.6 Å². The maximum absolute atomic E-state index is 12.5. The summed E-state index contributed by atoms with van der Waals surface area (Å²) in [5.74, 6) is 1.86. The molecule has 2 heterocycles. The number of hydrogen-bond acceptors (Lipinski definition) is 5. The van der Waals surface area contributed by atoms with Crippen LogP contribution in [0.15, 0.2) is 36.4 Å². The molecule has 1 saturated heterocycles. The van der Waals surface area contributed by atoms with Crippen LogP contribution in [0.2, 0.25) is 5.02 Å². The first-order chi connectivity index (χ1) is 14.1. The number of carbonyl (C=O) groups excluding carboxylic acids is 1. The van der Waals surface area contributed by atoms with Crippen molar-refractivity contribution in [3.05, 3.63) is 52.5 Å². The fourth-order valence-electron chi connectivity index (χ4n) is 3.57. The van der Waals surface area contributed by atoms with E-state index in [9.17, 15) is 4.79 Å². The Morgan fingerprint density at radius 3 is 2.93 bits per heavy atom. The van der Waals surface area contributed by atoms with E-state index in [-0.39, 0.29) is 12.0 Å². The lowest BCUT2D eigenvalue weighted by atomic mass is 10.1. The van der Waals surface area contributed by atoms with E-state index in [4.69, 9.17) is 30.5 Å². The third-order valence-electron chi connectivity index (χ3n) is 5.13. The third kappa shape index (κ3) is 4.77. The maximum atomic E-state index is 12.5. The van der Waals surface area contributed by atoms with Crippen molar-refractivity contribution in [1.29, 1.82) is 0 Å². The monoisotopic (exact) mass is 417 g/mol. The number of methoxy groups -OCH3 is 1. The number of carbonyl (C=O) groups is 1. The largest absolute Gasteiger partial charge is 0.493 e. The lowest BCUT2D eigenvalue weighted by Gasteiger charge is -2.15. The molecule has 1 N–H and O–H groups in total. The highest BCUT2D eigenvalue weighted by Gasteiger charge is 2.29. The van der Waals surface area contributed by atoms with Gasteiger partial charge in [0.15, 0.2) is 17.6 Å². The molecule has 0 saturated carbocycles. The molecule has 7 heteroatoms. The Bertz CT molecular complexity index is 882. The van der Waals surface area contributed by atoms with Crippen molar-refractivity contribution in [3.8, 4) is 17.2 Å². The Morgan fingerprint density at radius 2 is 2.14 bits per heavy atom. The average molecular weight is 418 g/mol. The summed E-state index contributed by atoms with van der Waals surface area (Å²) < 4.78 is 22.6. The molecule has 2 aromatic rings. The van der Waals surface area contributed by atoms with Gasteiger partial charge in [-0.2, -0.15) is 0 Å². The molecule has 0 spiro atoms. The van der Waals surface area contributed by atoms with Crippen LogP contribution in [0.25, 0.3) is 0 Å². The summed E-state index contributed by atoms with van der Waals surface area (Å²) in [7, 11) is 1.60. The molecule has 2 unspecified atom stereocenters. The van der Waals surface area contributed by atoms with Crippen molar-refractivity contribution in [2.75, 3.05) is 20.3 Å². The van der Waals surface area contributed by atoms with Crippen LogP contribution in [0.4, 0.5) is 0 Å². The van der Waals surface area contributed by atoms with Crippen LogP contribution in [0.3, 0.4) is 0 Å². The van der Waals surface area contributed by atoms with Crippen LogP contribution in [0, 0.1) is 0 Å². The van der Waals surface area contributed by atoms with Crippen LogP contribution in [-0.2, 0) is 22.5 Å². The molecule has 2 aliphatic heterocycles. The van der Waals surface area contributed by atoms with E-state index in [1.807, 2.05) is 24.3 Å². The summed E-state index contributed by atoms with van der Waals surface area (Å²) in [4.78, 5) is 12.5. The van der Waals surface area contributed by atoms with E-state index in [0.717, 1.165) is 30.6 Å². The zero-order valence-electron chi connectivity index (χ0n) is 16.3. The highest BCUT2D eigenvalue weighted by molar-refractivity contribution is 6.30. The Kier molecular flexibility index (Phi) is 6.11. The second kappa shape index (κ2) is 8.93. The number of halogens is 1. The van der Waals surface area contributed by atoms with E-state index in [2.05, 4.69) is 5.32 Å². The Morgan fingerprint density at radius 1 is 1.24 bits per heavy atom. The highest BCUT2D eigenvalue weighted by atomic mass is 35.5. The third-order valence-corrected chi connectivity index (χ3v) is 5.37. The van der Waals surface area contributed by atoms with Gasteiger partial charge in [-0.25, -0.2) is 0 Å². The normalized spacial score (nSPS) is 20.1. The van der Waals surface area contributed by atoms with E-state index < -0.39 is 6.10 Å². The molecule has 0 bridgehead atoms. The first-order valence-electron chi connectivity index (χ1n) is 9.76. The quantitative estimate of drug-likeness (QED) is 0.746. The fraction of sp³-hybridized carbons (Fsp3) is 0.409. The molecule has 6 nitrogen and oxygen atoms in total. The average Bonchev–Trinajstić information content (AvgIpc) is 3.40. The predicted molar refractivity (Wildman–Crippen MR) is 109 cm³/mol. The van der Waals surface area contributed by atoms with Gasteiger partial charge in [0.1, 0.15) is 12.4 Å². The van der Waals surface area contributed by atoms with Crippen LogP contribution in [-0.4, -0.2) is 38.4 Å². The Balaban J connectivity index is 1.31. The van der Waals surface area contributed by atoms with Gasteiger partial charge in [0.25, 0.3) is 5.91 Å². The number of nitrogens with one attached hydrogen (secondary N) is 1. The van der Waals surface area contributed by atoms with Crippen LogP contribution in [0.5, 0.6) is 17.2 Å². The van der Waals surface area contributed by atoms with Gasteiger partial charge in [0.2, 0.25) is 0 Å². The van der Waals surface area contributed by atoms with E-state index in [1.165, 1.54) is 0 Å². The summed E-state index contributed by atoms with van der Waals surface area (Å²) >= 11 is 6.01. The summed E-state index contributed by atoms with van der Waals surface area (Å²) in [6, 6.07) is 11.0. The second-order valence-electron chi connectivity index (χ2n) is 7.21. The Labute approximate surface area is 175 Å². The van der Waals surface area contributed by atoms with Gasteiger partial charge < -0.3 is 24.3 Å². The molecule has 0 aliphatic carbocycles. The van der Waals surface area contributed by atoms with Gasteiger partial charge in [-0.05, 0) is 54.3 Å². The predicted octanol–water partition coefficient (Wildman–Crippen LogP) is 3.53. The van der Waals surface area contributed by atoms with E-state index >= 15 is 0 Å². The number of amides is 1. The molecule has 2 aliphatic rings. The van der Waals surface area contributed by atoms with Crippen molar-refractivity contribution in [2.45, 2.75) is 38.0 Å². The smallest absolute Gasteiger partial charge is 0.261 e. The van der Waals surface area contributed by atoms with E-state index in [0.29, 0.717) is 41.8 Å². The summed E-state index contributed by atoms with van der Waals surface area (Å²) in [6.45, 7) is 1.68. The lowest BCUT2D eigenvalue weighted by molar-refractivity contribution is -0.127. The first kappa shape index (κ1) is 19.9. The highest BCUT2D eigenvalue weighted by Crippen LogP contribution is 2.31. The molecule has 1 fully saturated rings. The summed E-state index contributed by atoms with van der Waals surface area (Å²) in [5, 5.41) is 3.57.